The van der Waals surface area contributed by atoms with Crippen molar-refractivity contribution in [1.29, 1.82) is 0 Å². The Morgan fingerprint density at radius 2 is 1.78 bits per heavy atom. The highest BCUT2D eigenvalue weighted by molar-refractivity contribution is 7.89. The van der Waals surface area contributed by atoms with Gasteiger partial charge in [-0.15, -0.1) is 0 Å². The van der Waals surface area contributed by atoms with Crippen molar-refractivity contribution in [3.05, 3.63) is 41.5 Å². The fourth-order valence-corrected chi connectivity index (χ4v) is 5.80. The lowest BCUT2D eigenvalue weighted by Gasteiger charge is -2.42. The predicted molar refractivity (Wildman–Crippen MR) is 90.7 cm³/mol. The largest absolute Gasteiger partial charge is 0.387 e. The fraction of sp³-hybridized carbons (Fsp3) is 0.556. The second kappa shape index (κ2) is 6.04. The number of benzene rings is 1. The third kappa shape index (κ3) is 2.65. The number of aryl methyl sites for hydroxylation is 1. The van der Waals surface area contributed by atoms with Crippen molar-refractivity contribution in [2.24, 2.45) is 0 Å². The van der Waals surface area contributed by atoms with Gasteiger partial charge in [-0.3, -0.25) is 0 Å². The maximum absolute atomic E-state index is 13.2. The Labute approximate surface area is 138 Å². The number of aliphatic hydroxyl groups is 1. The molecule has 5 heteroatoms. The number of aliphatic hydroxyl groups excluding tert-OH is 1. The summed E-state index contributed by atoms with van der Waals surface area (Å²) in [4.78, 5) is 0.317. The van der Waals surface area contributed by atoms with Crippen LogP contribution in [0.1, 0.15) is 44.6 Å². The molecule has 2 aliphatic rings. The van der Waals surface area contributed by atoms with E-state index >= 15 is 0 Å². The summed E-state index contributed by atoms with van der Waals surface area (Å²) in [5, 5.41) is 10.8. The summed E-state index contributed by atoms with van der Waals surface area (Å²) in [5.41, 5.74) is 1.19. The summed E-state index contributed by atoms with van der Waals surface area (Å²) in [6, 6.07) is 6.98. The van der Waals surface area contributed by atoms with Gasteiger partial charge < -0.3 is 5.11 Å². The minimum atomic E-state index is -3.61. The first kappa shape index (κ1) is 16.7. The molecule has 0 radical (unpaired) electrons. The maximum Gasteiger partial charge on any atom is 0.243 e. The van der Waals surface area contributed by atoms with E-state index in [1.807, 2.05) is 32.1 Å². The van der Waals surface area contributed by atoms with Crippen LogP contribution in [-0.4, -0.2) is 36.0 Å². The normalized spacial score (nSPS) is 26.9. The molecule has 0 aromatic heterocycles. The molecule has 0 amide bonds. The van der Waals surface area contributed by atoms with Gasteiger partial charge in [-0.1, -0.05) is 43.0 Å². The van der Waals surface area contributed by atoms with E-state index in [-0.39, 0.29) is 0 Å². The quantitative estimate of drug-likeness (QED) is 0.845. The molecule has 1 saturated heterocycles. The van der Waals surface area contributed by atoms with Gasteiger partial charge in [0.15, 0.2) is 0 Å². The van der Waals surface area contributed by atoms with Gasteiger partial charge >= 0.3 is 0 Å². The molecule has 1 atom stereocenters. The fourth-order valence-electron chi connectivity index (χ4n) is 3.99. The van der Waals surface area contributed by atoms with Gasteiger partial charge in [0.1, 0.15) is 0 Å². The van der Waals surface area contributed by atoms with Crippen LogP contribution >= 0.6 is 0 Å². The van der Waals surface area contributed by atoms with Crippen LogP contribution in [0.2, 0.25) is 0 Å². The van der Waals surface area contributed by atoms with E-state index in [1.54, 1.807) is 16.4 Å². The van der Waals surface area contributed by atoms with Crippen molar-refractivity contribution in [2.45, 2.75) is 62.5 Å². The van der Waals surface area contributed by atoms with Gasteiger partial charge in [0.2, 0.25) is 10.0 Å². The molecule has 1 aromatic rings. The third-order valence-electron chi connectivity index (χ3n) is 5.38. The van der Waals surface area contributed by atoms with Crippen LogP contribution < -0.4 is 0 Å². The number of hydrogen-bond acceptors (Lipinski definition) is 3. The molecule has 4 nitrogen and oxygen atoms in total. The zero-order valence-corrected chi connectivity index (χ0v) is 14.6. The first-order chi connectivity index (χ1) is 10.9. The van der Waals surface area contributed by atoms with Crippen LogP contribution in [0.25, 0.3) is 0 Å². The van der Waals surface area contributed by atoms with Crippen LogP contribution in [0.15, 0.2) is 40.8 Å². The lowest BCUT2D eigenvalue weighted by atomic mass is 9.78. The average Bonchev–Trinajstić information content (AvgIpc) is 2.82. The van der Waals surface area contributed by atoms with E-state index in [2.05, 4.69) is 0 Å². The second-order valence-electron chi connectivity index (χ2n) is 6.76. The van der Waals surface area contributed by atoms with Gasteiger partial charge in [0, 0.05) is 6.54 Å². The molecule has 0 unspecified atom stereocenters. The Morgan fingerprint density at radius 1 is 1.17 bits per heavy atom. The second-order valence-corrected chi connectivity index (χ2v) is 8.62. The molecule has 0 bridgehead atoms. The molecule has 1 heterocycles. The standard InChI is InChI=1S/C18H25NO3S/c1-3-15-13-19(18(17(15)20)11-5-4-6-12-18)23(21,22)16-9-7-14(2)8-10-16/h3,7-10,17,20H,4-6,11-13H2,1-2H3/b15-3-/t17-/m1/s1. The van der Waals surface area contributed by atoms with E-state index < -0.39 is 21.7 Å². The summed E-state index contributed by atoms with van der Waals surface area (Å²) in [6.45, 7) is 4.11. The summed E-state index contributed by atoms with van der Waals surface area (Å²) in [7, 11) is -3.61. The molecule has 3 rings (SSSR count). The predicted octanol–water partition coefficient (Wildman–Crippen LogP) is 3.01. The molecule has 126 valence electrons. The molecular formula is C18H25NO3S. The number of hydrogen-bond donors (Lipinski definition) is 1. The highest BCUT2D eigenvalue weighted by atomic mass is 32.2. The van der Waals surface area contributed by atoms with Crippen molar-refractivity contribution >= 4 is 10.0 Å². The zero-order chi connectivity index (χ0) is 16.7. The average molecular weight is 335 g/mol. The van der Waals surface area contributed by atoms with Gasteiger partial charge in [0.25, 0.3) is 0 Å². The maximum atomic E-state index is 13.2. The number of nitrogens with zero attached hydrogens (tertiary/aromatic N) is 1. The van der Waals surface area contributed by atoms with Gasteiger partial charge in [0.05, 0.1) is 16.5 Å². The Balaban J connectivity index is 2.06. The van der Waals surface area contributed by atoms with Crippen LogP contribution in [-0.2, 0) is 10.0 Å². The topological polar surface area (TPSA) is 57.6 Å². The lowest BCUT2D eigenvalue weighted by Crippen LogP contribution is -2.53. The number of allylic oxidation sites excluding steroid dienone is 1. The smallest absolute Gasteiger partial charge is 0.243 e. The van der Waals surface area contributed by atoms with Crippen molar-refractivity contribution in [3.63, 3.8) is 0 Å². The molecule has 23 heavy (non-hydrogen) atoms. The van der Waals surface area contributed by atoms with Crippen LogP contribution in [0.5, 0.6) is 0 Å². The van der Waals surface area contributed by atoms with Crippen LogP contribution in [0.3, 0.4) is 0 Å². The van der Waals surface area contributed by atoms with E-state index in [9.17, 15) is 13.5 Å². The molecule has 1 aliphatic carbocycles. The molecule has 1 saturated carbocycles. The number of rotatable bonds is 2. The molecule has 1 spiro atoms. The van der Waals surface area contributed by atoms with Gasteiger partial charge in [-0.2, -0.15) is 4.31 Å². The molecular weight excluding hydrogens is 310 g/mol. The minimum absolute atomic E-state index is 0.299. The first-order valence-corrected chi connectivity index (χ1v) is 9.78. The summed E-state index contributed by atoms with van der Waals surface area (Å²) >= 11 is 0. The van der Waals surface area contributed by atoms with Crippen molar-refractivity contribution in [1.82, 2.24) is 4.31 Å². The van der Waals surface area contributed by atoms with Crippen LogP contribution in [0, 0.1) is 6.92 Å². The Hall–Kier alpha value is -1.17. The third-order valence-corrected chi connectivity index (χ3v) is 7.32. The zero-order valence-electron chi connectivity index (χ0n) is 13.8. The number of sulfonamides is 1. The van der Waals surface area contributed by atoms with E-state index in [1.165, 1.54) is 0 Å². The van der Waals surface area contributed by atoms with E-state index in [4.69, 9.17) is 0 Å². The molecule has 1 aliphatic heterocycles. The summed E-state index contributed by atoms with van der Waals surface area (Å²) in [6.07, 6.45) is 5.69. The lowest BCUT2D eigenvalue weighted by molar-refractivity contribution is 0.0471. The van der Waals surface area contributed by atoms with Gasteiger partial charge in [-0.05, 0) is 44.4 Å². The first-order valence-electron chi connectivity index (χ1n) is 8.34. The van der Waals surface area contributed by atoms with Crippen molar-refractivity contribution in [3.8, 4) is 0 Å². The molecule has 2 fully saturated rings. The minimum Gasteiger partial charge on any atom is -0.387 e. The highest BCUT2D eigenvalue weighted by Crippen LogP contribution is 2.46. The molecule has 1 aromatic carbocycles. The Bertz CT molecular complexity index is 700. The van der Waals surface area contributed by atoms with E-state index in [0.29, 0.717) is 11.4 Å². The summed E-state index contributed by atoms with van der Waals surface area (Å²) < 4.78 is 28.0. The summed E-state index contributed by atoms with van der Waals surface area (Å²) in [5.74, 6) is 0. The van der Waals surface area contributed by atoms with Crippen molar-refractivity contribution < 1.29 is 13.5 Å². The van der Waals surface area contributed by atoms with Crippen molar-refractivity contribution in [2.75, 3.05) is 6.54 Å². The Morgan fingerprint density at radius 3 is 2.35 bits per heavy atom. The Kier molecular flexibility index (Phi) is 4.38. The van der Waals surface area contributed by atoms with E-state index in [0.717, 1.165) is 43.2 Å². The monoisotopic (exact) mass is 335 g/mol. The highest BCUT2D eigenvalue weighted by Gasteiger charge is 2.55. The van der Waals surface area contributed by atoms with Crippen LogP contribution in [0.4, 0.5) is 0 Å². The SMILES string of the molecule is C/C=C1/CN(S(=O)(=O)c2ccc(C)cc2)C2(CCCCC2)[C@@H]1O. The van der Waals surface area contributed by atoms with Gasteiger partial charge in [-0.25, -0.2) is 8.42 Å². The molecule has 1 N–H and O–H groups in total.